The fourth-order valence-corrected chi connectivity index (χ4v) is 2.01. The fourth-order valence-electron chi connectivity index (χ4n) is 1.76. The minimum absolute atomic E-state index is 0.160. The van der Waals surface area contributed by atoms with Crippen molar-refractivity contribution in [3.8, 4) is 0 Å². The second-order valence-electron chi connectivity index (χ2n) is 4.32. The molecule has 0 fully saturated rings. The Labute approximate surface area is 119 Å². The maximum absolute atomic E-state index is 13.0. The molecule has 98 valence electrons. The largest absolute Gasteiger partial charge is 0.326 e. The van der Waals surface area contributed by atoms with Crippen molar-refractivity contribution >= 4 is 27.5 Å². The van der Waals surface area contributed by atoms with Gasteiger partial charge in [-0.3, -0.25) is 4.79 Å². The van der Waals surface area contributed by atoms with Crippen LogP contribution in [0.5, 0.6) is 0 Å². The van der Waals surface area contributed by atoms with Gasteiger partial charge in [0.2, 0.25) is 5.91 Å². The highest BCUT2D eigenvalue weighted by atomic mass is 79.9. The lowest BCUT2D eigenvalue weighted by molar-refractivity contribution is -0.115. The summed E-state index contributed by atoms with van der Waals surface area (Å²) in [4.78, 5) is 11.8. The summed E-state index contributed by atoms with van der Waals surface area (Å²) < 4.78 is 14.0. The van der Waals surface area contributed by atoms with Crippen LogP contribution in [0.4, 0.5) is 10.1 Å². The Morgan fingerprint density at radius 3 is 2.74 bits per heavy atom. The van der Waals surface area contributed by atoms with Crippen molar-refractivity contribution in [3.63, 3.8) is 0 Å². The first-order valence-corrected chi connectivity index (χ1v) is 6.64. The molecule has 0 aliphatic rings. The molecule has 0 aromatic heterocycles. The SMILES string of the molecule is Cc1cc(NC(=O)Cc2cccc(F)c2)ccc1Br. The summed E-state index contributed by atoms with van der Waals surface area (Å²) in [6, 6.07) is 11.6. The molecule has 0 saturated heterocycles. The number of carbonyl (C=O) groups is 1. The van der Waals surface area contributed by atoms with E-state index in [-0.39, 0.29) is 18.1 Å². The summed E-state index contributed by atoms with van der Waals surface area (Å²) >= 11 is 3.40. The highest BCUT2D eigenvalue weighted by Gasteiger charge is 2.05. The number of benzene rings is 2. The molecule has 0 aliphatic heterocycles. The molecule has 2 nitrogen and oxygen atoms in total. The summed E-state index contributed by atoms with van der Waals surface area (Å²) in [5.74, 6) is -0.489. The Morgan fingerprint density at radius 1 is 1.26 bits per heavy atom. The van der Waals surface area contributed by atoms with E-state index in [2.05, 4.69) is 21.2 Å². The van der Waals surface area contributed by atoms with Crippen LogP contribution in [-0.2, 0) is 11.2 Å². The molecule has 1 amide bonds. The van der Waals surface area contributed by atoms with Gasteiger partial charge in [-0.05, 0) is 48.4 Å². The summed E-state index contributed by atoms with van der Waals surface area (Å²) in [6.45, 7) is 1.95. The lowest BCUT2D eigenvalue weighted by Crippen LogP contribution is -2.14. The summed E-state index contributed by atoms with van der Waals surface area (Å²) in [5.41, 5.74) is 2.44. The Bertz CT molecular complexity index is 613. The van der Waals surface area contributed by atoms with E-state index in [9.17, 15) is 9.18 Å². The Hall–Kier alpha value is -1.68. The number of rotatable bonds is 3. The molecule has 0 heterocycles. The first-order chi connectivity index (χ1) is 9.04. The smallest absolute Gasteiger partial charge is 0.228 e. The predicted octanol–water partition coefficient (Wildman–Crippen LogP) is 4.08. The Morgan fingerprint density at radius 2 is 2.05 bits per heavy atom. The van der Waals surface area contributed by atoms with Gasteiger partial charge >= 0.3 is 0 Å². The van der Waals surface area contributed by atoms with Crippen LogP contribution in [0.2, 0.25) is 0 Å². The van der Waals surface area contributed by atoms with Crippen molar-refractivity contribution in [1.82, 2.24) is 0 Å². The summed E-state index contributed by atoms with van der Waals surface area (Å²) in [6.07, 6.45) is 0.160. The van der Waals surface area contributed by atoms with E-state index in [1.165, 1.54) is 12.1 Å². The molecule has 0 bridgehead atoms. The lowest BCUT2D eigenvalue weighted by atomic mass is 10.1. The average molecular weight is 322 g/mol. The van der Waals surface area contributed by atoms with E-state index in [1.54, 1.807) is 12.1 Å². The normalized spacial score (nSPS) is 10.3. The molecule has 0 spiro atoms. The standard InChI is InChI=1S/C15H13BrFNO/c1-10-7-13(5-6-14(10)16)18-15(19)9-11-3-2-4-12(17)8-11/h2-8H,9H2,1H3,(H,18,19). The fraction of sp³-hybridized carbons (Fsp3) is 0.133. The maximum atomic E-state index is 13.0. The Balaban J connectivity index is 2.03. The number of anilines is 1. The number of aryl methyl sites for hydroxylation is 1. The van der Waals surface area contributed by atoms with E-state index >= 15 is 0 Å². The number of halogens is 2. The van der Waals surface area contributed by atoms with Crippen LogP contribution in [0.15, 0.2) is 46.9 Å². The van der Waals surface area contributed by atoms with Crippen LogP contribution < -0.4 is 5.32 Å². The molecule has 0 atom stereocenters. The number of nitrogens with one attached hydrogen (secondary N) is 1. The summed E-state index contributed by atoms with van der Waals surface area (Å²) in [5, 5.41) is 2.80. The predicted molar refractivity (Wildman–Crippen MR) is 77.6 cm³/mol. The molecular formula is C15H13BrFNO. The molecule has 4 heteroatoms. The van der Waals surface area contributed by atoms with Crippen molar-refractivity contribution < 1.29 is 9.18 Å². The van der Waals surface area contributed by atoms with Gasteiger partial charge in [-0.25, -0.2) is 4.39 Å². The van der Waals surface area contributed by atoms with Crippen molar-refractivity contribution in [2.45, 2.75) is 13.3 Å². The average Bonchev–Trinajstić information content (AvgIpc) is 2.34. The first kappa shape index (κ1) is 13.7. The molecule has 0 unspecified atom stereocenters. The van der Waals surface area contributed by atoms with Gasteiger partial charge < -0.3 is 5.32 Å². The Kier molecular flexibility index (Phi) is 4.32. The van der Waals surface area contributed by atoms with Crippen LogP contribution in [0, 0.1) is 12.7 Å². The van der Waals surface area contributed by atoms with Crippen molar-refractivity contribution in [1.29, 1.82) is 0 Å². The van der Waals surface area contributed by atoms with E-state index < -0.39 is 0 Å². The molecule has 0 saturated carbocycles. The quantitative estimate of drug-likeness (QED) is 0.906. The van der Waals surface area contributed by atoms with Gasteiger partial charge in [0.15, 0.2) is 0 Å². The zero-order chi connectivity index (χ0) is 13.8. The monoisotopic (exact) mass is 321 g/mol. The number of amides is 1. The highest BCUT2D eigenvalue weighted by molar-refractivity contribution is 9.10. The van der Waals surface area contributed by atoms with Crippen molar-refractivity contribution in [2.75, 3.05) is 5.32 Å². The minimum atomic E-state index is -0.329. The van der Waals surface area contributed by atoms with Crippen LogP contribution in [-0.4, -0.2) is 5.91 Å². The zero-order valence-corrected chi connectivity index (χ0v) is 12.0. The lowest BCUT2D eigenvalue weighted by Gasteiger charge is -2.07. The van der Waals surface area contributed by atoms with E-state index in [0.29, 0.717) is 5.56 Å². The minimum Gasteiger partial charge on any atom is -0.326 e. The molecule has 1 N–H and O–H groups in total. The molecule has 19 heavy (non-hydrogen) atoms. The van der Waals surface area contributed by atoms with Crippen LogP contribution in [0.25, 0.3) is 0 Å². The van der Waals surface area contributed by atoms with Crippen molar-refractivity contribution in [3.05, 3.63) is 63.9 Å². The van der Waals surface area contributed by atoms with E-state index in [0.717, 1.165) is 15.7 Å². The molecule has 2 aromatic rings. The van der Waals surface area contributed by atoms with Crippen LogP contribution in [0.3, 0.4) is 0 Å². The third-order valence-corrected chi connectivity index (χ3v) is 3.59. The van der Waals surface area contributed by atoms with Crippen LogP contribution in [0.1, 0.15) is 11.1 Å². The third-order valence-electron chi connectivity index (χ3n) is 2.70. The van der Waals surface area contributed by atoms with Gasteiger partial charge in [0.1, 0.15) is 5.82 Å². The second-order valence-corrected chi connectivity index (χ2v) is 5.17. The molecule has 0 radical (unpaired) electrons. The molecule has 0 aliphatic carbocycles. The van der Waals surface area contributed by atoms with Gasteiger partial charge in [-0.15, -0.1) is 0 Å². The highest BCUT2D eigenvalue weighted by Crippen LogP contribution is 2.20. The zero-order valence-electron chi connectivity index (χ0n) is 10.4. The number of hydrogen-bond acceptors (Lipinski definition) is 1. The van der Waals surface area contributed by atoms with E-state index in [1.807, 2.05) is 25.1 Å². The maximum Gasteiger partial charge on any atom is 0.228 e. The molecule has 2 aromatic carbocycles. The van der Waals surface area contributed by atoms with Crippen molar-refractivity contribution in [2.24, 2.45) is 0 Å². The first-order valence-electron chi connectivity index (χ1n) is 5.85. The third kappa shape index (κ3) is 3.89. The van der Waals surface area contributed by atoms with Gasteiger partial charge in [0.25, 0.3) is 0 Å². The molecule has 2 rings (SSSR count). The van der Waals surface area contributed by atoms with Gasteiger partial charge in [-0.1, -0.05) is 28.1 Å². The number of hydrogen-bond donors (Lipinski definition) is 1. The van der Waals surface area contributed by atoms with Gasteiger partial charge in [0, 0.05) is 10.2 Å². The molecular weight excluding hydrogens is 309 g/mol. The van der Waals surface area contributed by atoms with Crippen LogP contribution >= 0.6 is 15.9 Å². The van der Waals surface area contributed by atoms with Gasteiger partial charge in [-0.2, -0.15) is 0 Å². The second kappa shape index (κ2) is 5.97. The summed E-state index contributed by atoms with van der Waals surface area (Å²) in [7, 11) is 0. The number of carbonyl (C=O) groups excluding carboxylic acids is 1. The van der Waals surface area contributed by atoms with Gasteiger partial charge in [0.05, 0.1) is 6.42 Å². The van der Waals surface area contributed by atoms with E-state index in [4.69, 9.17) is 0 Å². The topological polar surface area (TPSA) is 29.1 Å².